The second-order valence-corrected chi connectivity index (χ2v) is 7.15. The Bertz CT molecular complexity index is 409. The Morgan fingerprint density at radius 1 is 1.53 bits per heavy atom. The minimum absolute atomic E-state index is 0.0324. The van der Waals surface area contributed by atoms with Crippen molar-refractivity contribution in [2.45, 2.75) is 53.0 Å². The Kier molecular flexibility index (Phi) is 5.94. The Balaban J connectivity index is 2.21. The highest BCUT2D eigenvalue weighted by atomic mass is 32.1. The van der Waals surface area contributed by atoms with Crippen LogP contribution in [0, 0.1) is 12.3 Å². The Morgan fingerprint density at radius 3 is 2.74 bits per heavy atom. The number of rotatable bonds is 6. The van der Waals surface area contributed by atoms with Gasteiger partial charge >= 0.3 is 0 Å². The Morgan fingerprint density at radius 2 is 2.21 bits per heavy atom. The monoisotopic (exact) mass is 283 g/mol. The molecule has 19 heavy (non-hydrogen) atoms. The summed E-state index contributed by atoms with van der Waals surface area (Å²) in [6.07, 6.45) is 2.04. The van der Waals surface area contributed by atoms with Crippen molar-refractivity contribution in [3.63, 3.8) is 0 Å². The lowest BCUT2D eigenvalue weighted by atomic mass is 9.87. The molecule has 1 rings (SSSR count). The van der Waals surface area contributed by atoms with Crippen LogP contribution in [0.2, 0.25) is 0 Å². The van der Waals surface area contributed by atoms with Crippen molar-refractivity contribution in [2.75, 3.05) is 6.54 Å². The third-order valence-corrected chi connectivity index (χ3v) is 3.68. The number of hydrogen-bond acceptors (Lipinski definition) is 4. The van der Waals surface area contributed by atoms with Crippen LogP contribution < -0.4 is 11.1 Å². The van der Waals surface area contributed by atoms with Crippen molar-refractivity contribution < 1.29 is 4.79 Å². The summed E-state index contributed by atoms with van der Waals surface area (Å²) < 4.78 is 0. The lowest BCUT2D eigenvalue weighted by Crippen LogP contribution is -2.34. The van der Waals surface area contributed by atoms with E-state index >= 15 is 0 Å². The molecular weight excluding hydrogens is 258 g/mol. The average molecular weight is 283 g/mol. The van der Waals surface area contributed by atoms with Crippen molar-refractivity contribution in [3.8, 4) is 0 Å². The molecule has 0 aromatic carbocycles. The van der Waals surface area contributed by atoms with Gasteiger partial charge in [0.15, 0.2) is 0 Å². The molecule has 0 aliphatic heterocycles. The molecule has 0 radical (unpaired) electrons. The van der Waals surface area contributed by atoms with Gasteiger partial charge in [0.05, 0.1) is 5.01 Å². The predicted octanol–water partition coefficient (Wildman–Crippen LogP) is 2.26. The lowest BCUT2D eigenvalue weighted by Gasteiger charge is -2.22. The molecule has 1 aromatic heterocycles. The number of carbonyl (C=O) groups is 1. The first kappa shape index (κ1) is 16.1. The average Bonchev–Trinajstić information content (AvgIpc) is 2.60. The fourth-order valence-corrected chi connectivity index (χ4v) is 2.77. The molecule has 0 fully saturated rings. The number of hydrogen-bond donors (Lipinski definition) is 2. The minimum Gasteiger partial charge on any atom is -0.356 e. The van der Waals surface area contributed by atoms with E-state index < -0.39 is 0 Å². The zero-order valence-corrected chi connectivity index (χ0v) is 13.1. The highest BCUT2D eigenvalue weighted by Gasteiger charge is 2.17. The van der Waals surface area contributed by atoms with E-state index in [1.165, 1.54) is 0 Å². The molecule has 1 atom stereocenters. The molecule has 0 saturated heterocycles. The van der Waals surface area contributed by atoms with E-state index in [2.05, 4.69) is 31.1 Å². The number of amides is 1. The Hall–Kier alpha value is -0.940. The van der Waals surface area contributed by atoms with Gasteiger partial charge in [-0.1, -0.05) is 20.8 Å². The van der Waals surface area contributed by atoms with E-state index in [9.17, 15) is 4.79 Å². The highest BCUT2D eigenvalue weighted by Crippen LogP contribution is 2.20. The van der Waals surface area contributed by atoms with Crippen molar-refractivity contribution >= 4 is 17.2 Å². The van der Waals surface area contributed by atoms with E-state index in [4.69, 9.17) is 5.73 Å². The largest absolute Gasteiger partial charge is 0.356 e. The van der Waals surface area contributed by atoms with Gasteiger partial charge < -0.3 is 11.1 Å². The molecule has 1 heterocycles. The fraction of sp³-hybridized carbons (Fsp3) is 0.714. The maximum Gasteiger partial charge on any atom is 0.221 e. The number of aromatic nitrogens is 1. The normalized spacial score (nSPS) is 13.3. The summed E-state index contributed by atoms with van der Waals surface area (Å²) in [5, 5.41) is 6.00. The van der Waals surface area contributed by atoms with Crippen LogP contribution in [0.4, 0.5) is 0 Å². The van der Waals surface area contributed by atoms with Gasteiger partial charge in [-0.25, -0.2) is 4.98 Å². The first-order valence-electron chi connectivity index (χ1n) is 6.69. The van der Waals surface area contributed by atoms with Crippen LogP contribution in [0.3, 0.4) is 0 Å². The topological polar surface area (TPSA) is 68.0 Å². The summed E-state index contributed by atoms with van der Waals surface area (Å²) in [6, 6.07) is -0.0675. The standard InChI is InChI=1S/C14H25N3OS/c1-10-9-19-13(17-10)5-6-16-12(18)7-11(15)8-14(2,3)4/h9,11H,5-8,15H2,1-4H3,(H,16,18). The van der Waals surface area contributed by atoms with Gasteiger partial charge in [-0.3, -0.25) is 4.79 Å². The van der Waals surface area contributed by atoms with Crippen molar-refractivity contribution in [3.05, 3.63) is 16.1 Å². The summed E-state index contributed by atoms with van der Waals surface area (Å²) >= 11 is 1.64. The molecule has 5 heteroatoms. The van der Waals surface area contributed by atoms with Gasteiger partial charge in [-0.2, -0.15) is 0 Å². The second-order valence-electron chi connectivity index (χ2n) is 6.21. The van der Waals surface area contributed by atoms with Crippen molar-refractivity contribution in [1.29, 1.82) is 0 Å². The zero-order chi connectivity index (χ0) is 14.5. The number of carbonyl (C=O) groups excluding carboxylic acids is 1. The lowest BCUT2D eigenvalue weighted by molar-refractivity contribution is -0.121. The number of thiazole rings is 1. The summed E-state index contributed by atoms with van der Waals surface area (Å²) in [4.78, 5) is 16.1. The summed E-state index contributed by atoms with van der Waals surface area (Å²) in [7, 11) is 0. The first-order valence-corrected chi connectivity index (χ1v) is 7.57. The predicted molar refractivity (Wildman–Crippen MR) is 80.2 cm³/mol. The maximum absolute atomic E-state index is 11.7. The van der Waals surface area contributed by atoms with Gasteiger partial charge in [0.25, 0.3) is 0 Å². The summed E-state index contributed by atoms with van der Waals surface area (Å²) in [6.45, 7) is 9.01. The quantitative estimate of drug-likeness (QED) is 0.841. The van der Waals surface area contributed by atoms with E-state index in [0.717, 1.165) is 23.5 Å². The van der Waals surface area contributed by atoms with E-state index in [1.807, 2.05) is 12.3 Å². The summed E-state index contributed by atoms with van der Waals surface area (Å²) in [5.41, 5.74) is 7.18. The SMILES string of the molecule is Cc1csc(CCNC(=O)CC(N)CC(C)(C)C)n1. The second kappa shape index (κ2) is 7.01. The fourth-order valence-electron chi connectivity index (χ4n) is 2.00. The molecule has 108 valence electrons. The molecular formula is C14H25N3OS. The third-order valence-electron chi connectivity index (χ3n) is 2.65. The van der Waals surface area contributed by atoms with Crippen molar-refractivity contribution in [2.24, 2.45) is 11.1 Å². The van der Waals surface area contributed by atoms with Crippen LogP contribution >= 0.6 is 11.3 Å². The molecule has 4 nitrogen and oxygen atoms in total. The minimum atomic E-state index is -0.0675. The molecule has 0 saturated carbocycles. The van der Waals surface area contributed by atoms with Crippen LogP contribution in [0.15, 0.2) is 5.38 Å². The van der Waals surface area contributed by atoms with Crippen LogP contribution in [0.1, 0.15) is 44.3 Å². The van der Waals surface area contributed by atoms with E-state index in [1.54, 1.807) is 11.3 Å². The first-order chi connectivity index (χ1) is 8.76. The molecule has 3 N–H and O–H groups in total. The van der Waals surface area contributed by atoms with Crippen LogP contribution in [0.5, 0.6) is 0 Å². The van der Waals surface area contributed by atoms with Gasteiger partial charge in [0, 0.05) is 36.5 Å². The number of aryl methyl sites for hydroxylation is 1. The van der Waals surface area contributed by atoms with E-state index in [-0.39, 0.29) is 17.4 Å². The van der Waals surface area contributed by atoms with Gasteiger partial charge in [0.1, 0.15) is 0 Å². The summed E-state index contributed by atoms with van der Waals surface area (Å²) in [5.74, 6) is 0.0324. The molecule has 1 amide bonds. The molecule has 0 spiro atoms. The van der Waals surface area contributed by atoms with Crippen molar-refractivity contribution in [1.82, 2.24) is 10.3 Å². The van der Waals surface area contributed by atoms with Gasteiger partial charge in [-0.05, 0) is 18.8 Å². The number of nitrogens with one attached hydrogen (secondary N) is 1. The van der Waals surface area contributed by atoms with Gasteiger partial charge in [0.2, 0.25) is 5.91 Å². The maximum atomic E-state index is 11.7. The van der Waals surface area contributed by atoms with Crippen LogP contribution in [-0.4, -0.2) is 23.5 Å². The highest BCUT2D eigenvalue weighted by molar-refractivity contribution is 7.09. The van der Waals surface area contributed by atoms with Crippen LogP contribution in [0.25, 0.3) is 0 Å². The molecule has 0 bridgehead atoms. The zero-order valence-electron chi connectivity index (χ0n) is 12.3. The van der Waals surface area contributed by atoms with Gasteiger partial charge in [-0.15, -0.1) is 11.3 Å². The van der Waals surface area contributed by atoms with E-state index in [0.29, 0.717) is 13.0 Å². The smallest absolute Gasteiger partial charge is 0.221 e. The number of nitrogens with two attached hydrogens (primary N) is 1. The molecule has 0 aliphatic rings. The molecule has 1 aromatic rings. The molecule has 1 unspecified atom stereocenters. The Labute approximate surface area is 119 Å². The third kappa shape index (κ3) is 7.28. The van der Waals surface area contributed by atoms with Crippen LogP contribution in [-0.2, 0) is 11.2 Å². The molecule has 0 aliphatic carbocycles. The number of nitrogens with zero attached hydrogens (tertiary/aromatic N) is 1.